The van der Waals surface area contributed by atoms with Crippen LogP contribution in [-0.4, -0.2) is 43.0 Å². The fourth-order valence-corrected chi connectivity index (χ4v) is 4.17. The van der Waals surface area contributed by atoms with E-state index in [9.17, 15) is 13.6 Å². The van der Waals surface area contributed by atoms with Gasteiger partial charge in [0.1, 0.15) is 22.8 Å². The Morgan fingerprint density at radius 3 is 2.42 bits per heavy atom. The number of para-hydroxylation sites is 2. The van der Waals surface area contributed by atoms with E-state index in [0.29, 0.717) is 40.0 Å². The topological polar surface area (TPSA) is 45.7 Å². The van der Waals surface area contributed by atoms with E-state index < -0.39 is 11.6 Å². The lowest BCUT2D eigenvalue weighted by Gasteiger charge is -2.23. The molecule has 0 saturated carbocycles. The van der Waals surface area contributed by atoms with Crippen molar-refractivity contribution < 1.29 is 18.3 Å². The van der Waals surface area contributed by atoms with E-state index >= 15 is 0 Å². The van der Waals surface area contributed by atoms with Crippen LogP contribution in [-0.2, 0) is 0 Å². The highest BCUT2D eigenvalue weighted by atomic mass is 35.5. The number of amides is 1. The number of hydrogen-bond donors (Lipinski definition) is 0. The van der Waals surface area contributed by atoms with Gasteiger partial charge in [-0.2, -0.15) is 0 Å². The van der Waals surface area contributed by atoms with E-state index in [-0.39, 0.29) is 23.8 Å². The number of ether oxygens (including phenoxy) is 1. The number of rotatable bonds is 7. The molecule has 5 nitrogen and oxygen atoms in total. The zero-order valence-corrected chi connectivity index (χ0v) is 19.6. The van der Waals surface area contributed by atoms with Crippen LogP contribution in [0.2, 0.25) is 0 Å². The van der Waals surface area contributed by atoms with Crippen molar-refractivity contribution in [2.24, 2.45) is 0 Å². The second-order valence-electron chi connectivity index (χ2n) is 7.40. The molecular weight excluding hydrogens is 468 g/mol. The van der Waals surface area contributed by atoms with Crippen LogP contribution in [0.4, 0.5) is 13.9 Å². The highest BCUT2D eigenvalue weighted by Gasteiger charge is 2.25. The fraction of sp³-hybridized carbons (Fsp3) is 0.167. The summed E-state index contributed by atoms with van der Waals surface area (Å²) in [6.45, 7) is 0.871. The number of thiazole rings is 1. The van der Waals surface area contributed by atoms with E-state index in [0.717, 1.165) is 17.4 Å². The molecule has 3 aromatic carbocycles. The molecule has 4 rings (SSSR count). The standard InChI is InChI=1S/C24H21F2N3O2S.ClH/c1-28(2)12-13-29(24-27-22-19(26)14-16(25)15-21(22)32-24)23(30)18-10-6-7-11-20(18)31-17-8-4-3-5-9-17;/h3-11,14-15H,12-13H2,1-2H3;1H. The van der Waals surface area contributed by atoms with Gasteiger partial charge in [-0.3, -0.25) is 9.69 Å². The van der Waals surface area contributed by atoms with Crippen molar-refractivity contribution in [3.05, 3.63) is 83.9 Å². The molecule has 9 heteroatoms. The molecule has 0 atom stereocenters. The molecule has 0 unspecified atom stereocenters. The Morgan fingerprint density at radius 2 is 1.70 bits per heavy atom. The Kier molecular flexibility index (Phi) is 7.97. The summed E-state index contributed by atoms with van der Waals surface area (Å²) in [6.07, 6.45) is 0. The molecule has 0 fully saturated rings. The van der Waals surface area contributed by atoms with Gasteiger partial charge in [0.15, 0.2) is 10.9 Å². The zero-order chi connectivity index (χ0) is 22.7. The third-order valence-electron chi connectivity index (χ3n) is 4.74. The first-order valence-corrected chi connectivity index (χ1v) is 10.8. The quantitative estimate of drug-likeness (QED) is 0.319. The van der Waals surface area contributed by atoms with Gasteiger partial charge in [-0.05, 0) is 44.4 Å². The van der Waals surface area contributed by atoms with Gasteiger partial charge >= 0.3 is 0 Å². The SMILES string of the molecule is CN(C)CCN(C(=O)c1ccccc1Oc1ccccc1)c1nc2c(F)cc(F)cc2s1.Cl. The van der Waals surface area contributed by atoms with Crippen molar-refractivity contribution in [3.63, 3.8) is 0 Å². The number of anilines is 1. The fourth-order valence-electron chi connectivity index (χ4n) is 3.14. The Morgan fingerprint density at radius 1 is 1.00 bits per heavy atom. The molecule has 33 heavy (non-hydrogen) atoms. The maximum absolute atomic E-state index is 14.2. The maximum Gasteiger partial charge on any atom is 0.263 e. The molecule has 0 aliphatic carbocycles. The number of carbonyl (C=O) groups excluding carboxylic acids is 1. The predicted octanol–water partition coefficient (Wildman–Crippen LogP) is 6.00. The van der Waals surface area contributed by atoms with Crippen molar-refractivity contribution in [1.29, 1.82) is 0 Å². The molecule has 0 spiro atoms. The number of fused-ring (bicyclic) bond motifs is 1. The van der Waals surface area contributed by atoms with Gasteiger partial charge in [0.05, 0.1) is 10.3 Å². The van der Waals surface area contributed by atoms with Crippen molar-refractivity contribution in [3.8, 4) is 11.5 Å². The Balaban J connectivity index is 0.00000306. The largest absolute Gasteiger partial charge is 0.457 e. The van der Waals surface area contributed by atoms with Crippen LogP contribution in [0, 0.1) is 11.6 Å². The number of likely N-dealkylation sites (N-methyl/N-ethyl adjacent to an activating group) is 1. The molecule has 0 bridgehead atoms. The minimum Gasteiger partial charge on any atom is -0.457 e. The third kappa shape index (κ3) is 5.65. The first-order chi connectivity index (χ1) is 15.4. The number of nitrogens with zero attached hydrogens (tertiary/aromatic N) is 3. The Hall–Kier alpha value is -3.07. The van der Waals surface area contributed by atoms with Crippen LogP contribution in [0.3, 0.4) is 0 Å². The number of hydrogen-bond acceptors (Lipinski definition) is 5. The van der Waals surface area contributed by atoms with E-state index in [2.05, 4.69) is 4.98 Å². The third-order valence-corrected chi connectivity index (χ3v) is 5.76. The molecule has 4 aromatic rings. The lowest BCUT2D eigenvalue weighted by Crippen LogP contribution is -2.36. The van der Waals surface area contributed by atoms with Crippen LogP contribution in [0.25, 0.3) is 10.2 Å². The van der Waals surface area contributed by atoms with Crippen LogP contribution < -0.4 is 9.64 Å². The summed E-state index contributed by atoms with van der Waals surface area (Å²) in [5.41, 5.74) is 0.392. The summed E-state index contributed by atoms with van der Waals surface area (Å²) in [7, 11) is 3.78. The highest BCUT2D eigenvalue weighted by molar-refractivity contribution is 7.22. The molecule has 0 aliphatic rings. The highest BCUT2D eigenvalue weighted by Crippen LogP contribution is 2.33. The van der Waals surface area contributed by atoms with Gasteiger partial charge in [-0.25, -0.2) is 13.8 Å². The number of benzene rings is 3. The van der Waals surface area contributed by atoms with E-state index in [1.54, 1.807) is 36.4 Å². The first-order valence-electron chi connectivity index (χ1n) is 9.96. The van der Waals surface area contributed by atoms with Gasteiger partial charge in [-0.1, -0.05) is 41.7 Å². The maximum atomic E-state index is 14.2. The molecule has 0 saturated heterocycles. The normalized spacial score (nSPS) is 10.8. The summed E-state index contributed by atoms with van der Waals surface area (Å²) < 4.78 is 34.2. The van der Waals surface area contributed by atoms with Gasteiger partial charge in [0.2, 0.25) is 0 Å². The summed E-state index contributed by atoms with van der Waals surface area (Å²) >= 11 is 1.07. The van der Waals surface area contributed by atoms with E-state index in [1.807, 2.05) is 37.2 Å². The minimum atomic E-state index is -0.754. The van der Waals surface area contributed by atoms with Crippen molar-refractivity contribution >= 4 is 45.0 Å². The number of halogens is 3. The van der Waals surface area contributed by atoms with Crippen molar-refractivity contribution in [1.82, 2.24) is 9.88 Å². The second-order valence-corrected chi connectivity index (χ2v) is 8.41. The lowest BCUT2D eigenvalue weighted by atomic mass is 10.1. The molecular formula is C24H22ClF2N3O2S. The average Bonchev–Trinajstić information content (AvgIpc) is 3.18. The summed E-state index contributed by atoms with van der Waals surface area (Å²) in [4.78, 5) is 21.4. The van der Waals surface area contributed by atoms with Crippen LogP contribution in [0.15, 0.2) is 66.7 Å². The van der Waals surface area contributed by atoms with Gasteiger partial charge in [0, 0.05) is 19.2 Å². The van der Waals surface area contributed by atoms with Crippen LogP contribution in [0.1, 0.15) is 10.4 Å². The summed E-state index contributed by atoms with van der Waals surface area (Å²) in [5, 5.41) is 0.297. The monoisotopic (exact) mass is 489 g/mol. The van der Waals surface area contributed by atoms with E-state index in [4.69, 9.17) is 4.74 Å². The number of aromatic nitrogens is 1. The second kappa shape index (κ2) is 10.7. The molecule has 0 aliphatic heterocycles. The molecule has 0 radical (unpaired) electrons. The minimum absolute atomic E-state index is 0. The Bertz CT molecular complexity index is 1250. The Labute approximate surface area is 200 Å². The predicted molar refractivity (Wildman–Crippen MR) is 130 cm³/mol. The number of carbonyl (C=O) groups is 1. The smallest absolute Gasteiger partial charge is 0.263 e. The molecule has 172 valence electrons. The summed E-state index contributed by atoms with van der Waals surface area (Å²) in [5.74, 6) is -0.770. The molecule has 0 N–H and O–H groups in total. The van der Waals surface area contributed by atoms with Crippen molar-refractivity contribution in [2.45, 2.75) is 0 Å². The molecule has 1 aromatic heterocycles. The molecule has 1 amide bonds. The first kappa shape index (κ1) is 24.6. The van der Waals surface area contributed by atoms with Crippen LogP contribution >= 0.6 is 23.7 Å². The van der Waals surface area contributed by atoms with Gasteiger partial charge in [-0.15, -0.1) is 12.4 Å². The average molecular weight is 490 g/mol. The molecule has 1 heterocycles. The van der Waals surface area contributed by atoms with Crippen LogP contribution in [0.5, 0.6) is 11.5 Å². The zero-order valence-electron chi connectivity index (χ0n) is 18.0. The van der Waals surface area contributed by atoms with Gasteiger partial charge in [0.25, 0.3) is 5.91 Å². The lowest BCUT2D eigenvalue weighted by molar-refractivity contribution is 0.0983. The summed E-state index contributed by atoms with van der Waals surface area (Å²) in [6, 6.07) is 18.1. The van der Waals surface area contributed by atoms with Crippen molar-refractivity contribution in [2.75, 3.05) is 32.1 Å². The van der Waals surface area contributed by atoms with E-state index in [1.165, 1.54) is 11.0 Å². The van der Waals surface area contributed by atoms with Gasteiger partial charge < -0.3 is 9.64 Å².